The number of rotatable bonds is 7. The normalized spacial score (nSPS) is 19.8. The highest BCUT2D eigenvalue weighted by atomic mass is 32.2. The van der Waals surface area contributed by atoms with Crippen molar-refractivity contribution >= 4 is 15.7 Å². The molecule has 0 spiro atoms. The number of anilines is 1. The molecule has 0 radical (unpaired) electrons. The maximum absolute atomic E-state index is 11.2. The smallest absolute Gasteiger partial charge is 0.229 e. The number of sulfonamides is 1. The molecule has 2 atom stereocenters. The van der Waals surface area contributed by atoms with Crippen LogP contribution in [0.15, 0.2) is 48.5 Å². The molecule has 2 aromatic carbocycles. The van der Waals surface area contributed by atoms with E-state index >= 15 is 0 Å². The van der Waals surface area contributed by atoms with Gasteiger partial charge in [0.1, 0.15) is 0 Å². The largest absolute Gasteiger partial charge is 0.388 e. The van der Waals surface area contributed by atoms with Crippen molar-refractivity contribution in [1.82, 2.24) is 5.32 Å². The molecule has 0 fully saturated rings. The molecule has 3 N–H and O–H groups in total. The lowest BCUT2D eigenvalue weighted by molar-refractivity contribution is 0.0931. The van der Waals surface area contributed by atoms with Crippen LogP contribution in [-0.2, 0) is 22.9 Å². The molecular formula is C20H26N2O3S. The van der Waals surface area contributed by atoms with E-state index in [1.807, 2.05) is 30.3 Å². The molecule has 0 unspecified atom stereocenters. The van der Waals surface area contributed by atoms with Gasteiger partial charge >= 0.3 is 0 Å². The Morgan fingerprint density at radius 3 is 2.58 bits per heavy atom. The lowest BCUT2D eigenvalue weighted by Crippen LogP contribution is -2.31. The van der Waals surface area contributed by atoms with Gasteiger partial charge in [0, 0.05) is 18.2 Å². The maximum Gasteiger partial charge on any atom is 0.229 e. The molecule has 0 saturated carbocycles. The van der Waals surface area contributed by atoms with Crippen LogP contribution in [-0.4, -0.2) is 32.9 Å². The lowest BCUT2D eigenvalue weighted by atomic mass is 9.81. The summed E-state index contributed by atoms with van der Waals surface area (Å²) in [5, 5.41) is 14.0. The molecule has 0 saturated heterocycles. The third-order valence-electron chi connectivity index (χ3n) is 4.86. The second-order valence-electron chi connectivity index (χ2n) is 6.97. The van der Waals surface area contributed by atoms with Crippen molar-refractivity contribution in [1.29, 1.82) is 0 Å². The van der Waals surface area contributed by atoms with E-state index in [1.54, 1.807) is 12.1 Å². The monoisotopic (exact) mass is 374 g/mol. The quantitative estimate of drug-likeness (QED) is 0.651. The topological polar surface area (TPSA) is 78.4 Å². The fourth-order valence-electron chi connectivity index (χ4n) is 3.49. The third kappa shape index (κ3) is 5.06. The van der Waals surface area contributed by atoms with Gasteiger partial charge in [0.2, 0.25) is 10.0 Å². The zero-order valence-electron chi connectivity index (χ0n) is 15.0. The van der Waals surface area contributed by atoms with E-state index in [-0.39, 0.29) is 5.92 Å². The zero-order chi connectivity index (χ0) is 18.6. The van der Waals surface area contributed by atoms with Crippen molar-refractivity contribution in [3.05, 3.63) is 65.2 Å². The minimum Gasteiger partial charge on any atom is -0.388 e. The number of aliphatic hydroxyl groups is 1. The molecule has 5 nitrogen and oxygen atoms in total. The molecule has 1 aliphatic carbocycles. The predicted molar refractivity (Wildman–Crippen MR) is 105 cm³/mol. The van der Waals surface area contributed by atoms with E-state index in [0.717, 1.165) is 49.7 Å². The number of hydrogen-bond acceptors (Lipinski definition) is 4. The van der Waals surface area contributed by atoms with E-state index in [9.17, 15) is 13.5 Å². The lowest BCUT2D eigenvalue weighted by Gasteiger charge is -2.30. The Bertz CT molecular complexity index is 834. The Balaban J connectivity index is 1.45. The highest BCUT2D eigenvalue weighted by molar-refractivity contribution is 7.92. The van der Waals surface area contributed by atoms with Crippen LogP contribution in [0.3, 0.4) is 0 Å². The molecule has 6 heteroatoms. The molecule has 1 aliphatic rings. The molecule has 26 heavy (non-hydrogen) atoms. The van der Waals surface area contributed by atoms with Crippen molar-refractivity contribution in [2.75, 3.05) is 24.1 Å². The van der Waals surface area contributed by atoms with E-state index in [1.165, 1.54) is 5.56 Å². The summed E-state index contributed by atoms with van der Waals surface area (Å²) in [4.78, 5) is 0. The maximum atomic E-state index is 11.2. The van der Waals surface area contributed by atoms with E-state index in [0.29, 0.717) is 5.69 Å². The first-order valence-corrected chi connectivity index (χ1v) is 10.8. The van der Waals surface area contributed by atoms with Gasteiger partial charge < -0.3 is 10.4 Å². The van der Waals surface area contributed by atoms with Gasteiger partial charge in [-0.3, -0.25) is 4.72 Å². The van der Waals surface area contributed by atoms with Crippen LogP contribution < -0.4 is 10.0 Å². The standard InChI is InChI=1S/C20H26N2O3S/c1-26(24,25)22-18-10-6-15(7-11-18)12-13-21-14-17-9-8-16-4-2-3-5-19(16)20(17)23/h2-7,10-11,17,20-23H,8-9,12-14H2,1H3/t17-,20-/m0/s1. The van der Waals surface area contributed by atoms with Crippen LogP contribution in [0.1, 0.15) is 29.2 Å². The van der Waals surface area contributed by atoms with Crippen molar-refractivity contribution in [3.8, 4) is 0 Å². The van der Waals surface area contributed by atoms with Crippen molar-refractivity contribution in [2.45, 2.75) is 25.4 Å². The fourth-order valence-corrected chi connectivity index (χ4v) is 4.05. The van der Waals surface area contributed by atoms with Crippen LogP contribution in [0.5, 0.6) is 0 Å². The van der Waals surface area contributed by atoms with Gasteiger partial charge in [-0.05, 0) is 54.6 Å². The number of benzene rings is 2. The van der Waals surface area contributed by atoms with Crippen LogP contribution in [0.2, 0.25) is 0 Å². The Hall–Kier alpha value is -1.89. The van der Waals surface area contributed by atoms with Gasteiger partial charge in [0.25, 0.3) is 0 Å². The number of aliphatic hydroxyl groups excluding tert-OH is 1. The third-order valence-corrected chi connectivity index (χ3v) is 5.47. The fraction of sp³-hybridized carbons (Fsp3) is 0.400. The van der Waals surface area contributed by atoms with Crippen LogP contribution in [0.4, 0.5) is 5.69 Å². The van der Waals surface area contributed by atoms with Gasteiger partial charge in [-0.25, -0.2) is 8.42 Å². The van der Waals surface area contributed by atoms with Crippen LogP contribution in [0, 0.1) is 5.92 Å². The summed E-state index contributed by atoms with van der Waals surface area (Å²) in [7, 11) is -3.24. The van der Waals surface area contributed by atoms with Gasteiger partial charge in [0.05, 0.1) is 12.4 Å². The summed E-state index contributed by atoms with van der Waals surface area (Å²) in [6, 6.07) is 15.6. The summed E-state index contributed by atoms with van der Waals surface area (Å²) in [6.07, 6.45) is 3.63. The first kappa shape index (κ1) is 18.9. The van der Waals surface area contributed by atoms with E-state index in [2.05, 4.69) is 16.1 Å². The number of fused-ring (bicyclic) bond motifs is 1. The molecule has 0 amide bonds. The second-order valence-corrected chi connectivity index (χ2v) is 8.72. The van der Waals surface area contributed by atoms with Crippen molar-refractivity contribution in [2.24, 2.45) is 5.92 Å². The van der Waals surface area contributed by atoms with Gasteiger partial charge in [0.15, 0.2) is 0 Å². The number of aryl methyl sites for hydroxylation is 1. The van der Waals surface area contributed by atoms with Crippen LogP contribution >= 0.6 is 0 Å². The Kier molecular flexibility index (Phi) is 5.96. The van der Waals surface area contributed by atoms with E-state index < -0.39 is 16.1 Å². The van der Waals surface area contributed by atoms with Gasteiger partial charge in [-0.1, -0.05) is 36.4 Å². The van der Waals surface area contributed by atoms with Gasteiger partial charge in [-0.15, -0.1) is 0 Å². The Morgan fingerprint density at radius 2 is 1.85 bits per heavy atom. The molecular weight excluding hydrogens is 348 g/mol. The SMILES string of the molecule is CS(=O)(=O)Nc1ccc(CCNC[C@@H]2CCc3ccccc3[C@H]2O)cc1. The average Bonchev–Trinajstić information content (AvgIpc) is 2.61. The zero-order valence-corrected chi connectivity index (χ0v) is 15.8. The molecule has 140 valence electrons. The van der Waals surface area contributed by atoms with Crippen molar-refractivity contribution in [3.63, 3.8) is 0 Å². The first-order valence-electron chi connectivity index (χ1n) is 8.96. The molecule has 0 aromatic heterocycles. The highest BCUT2D eigenvalue weighted by Gasteiger charge is 2.26. The molecule has 0 bridgehead atoms. The molecule has 0 aliphatic heterocycles. The average molecular weight is 375 g/mol. The molecule has 0 heterocycles. The minimum absolute atomic E-state index is 0.242. The summed E-state index contributed by atoms with van der Waals surface area (Å²) >= 11 is 0. The van der Waals surface area contributed by atoms with Crippen LogP contribution in [0.25, 0.3) is 0 Å². The highest BCUT2D eigenvalue weighted by Crippen LogP contribution is 2.33. The molecule has 2 aromatic rings. The summed E-state index contributed by atoms with van der Waals surface area (Å²) in [5.41, 5.74) is 4.05. The van der Waals surface area contributed by atoms with Crippen molar-refractivity contribution < 1.29 is 13.5 Å². The number of nitrogens with one attached hydrogen (secondary N) is 2. The van der Waals surface area contributed by atoms with E-state index in [4.69, 9.17) is 0 Å². The minimum atomic E-state index is -3.24. The molecule has 3 rings (SSSR count). The number of hydrogen-bond donors (Lipinski definition) is 3. The Morgan fingerprint density at radius 1 is 1.12 bits per heavy atom. The summed E-state index contributed by atoms with van der Waals surface area (Å²) in [5.74, 6) is 0.242. The predicted octanol–water partition coefficient (Wildman–Crippen LogP) is 2.49. The van der Waals surface area contributed by atoms with Gasteiger partial charge in [-0.2, -0.15) is 0 Å². The second kappa shape index (κ2) is 8.20. The summed E-state index contributed by atoms with van der Waals surface area (Å²) < 4.78 is 24.9. The first-order chi connectivity index (χ1) is 12.4. The Labute approximate surface area is 155 Å². The summed E-state index contributed by atoms with van der Waals surface area (Å²) in [6.45, 7) is 1.62.